The van der Waals surface area contributed by atoms with Crippen LogP contribution in [0.5, 0.6) is 5.75 Å². The molecule has 1 atom stereocenters. The van der Waals surface area contributed by atoms with Crippen LogP contribution < -0.4 is 10.1 Å². The van der Waals surface area contributed by atoms with Gasteiger partial charge in [-0.15, -0.1) is 0 Å². The number of nitrogens with one attached hydrogen (secondary N) is 1. The quantitative estimate of drug-likeness (QED) is 0.324. The molecule has 4 aromatic rings. The van der Waals surface area contributed by atoms with Gasteiger partial charge in [0.2, 0.25) is 0 Å². The number of aliphatic hydroxyl groups is 1. The Hall–Kier alpha value is -4.00. The fourth-order valence-electron chi connectivity index (χ4n) is 4.74. The molecule has 0 fully saturated rings. The number of aromatic nitrogens is 5. The standard InChI is InChI=1S/C27H30ClN7O5/c1-14-24(23-15(2)33-40-16(23)3)31-25(20-8-19(6-7-21(20)28)39-13-18(36)10-29-4)32-26(14)35-22-12-34(27(37)38-5)11-17(22)9-30-35/h6-9,18,29,36H,10-13H2,1-5H3/t18-/m1/s1. The number of methoxy groups -OCH3 is 1. The highest BCUT2D eigenvalue weighted by Gasteiger charge is 2.30. The van der Waals surface area contributed by atoms with Gasteiger partial charge in [0.05, 0.1) is 54.1 Å². The van der Waals surface area contributed by atoms with Crippen LogP contribution in [-0.2, 0) is 17.8 Å². The zero-order chi connectivity index (χ0) is 28.6. The van der Waals surface area contributed by atoms with Crippen molar-refractivity contribution in [3.05, 3.63) is 57.7 Å². The topological polar surface area (TPSA) is 141 Å². The second-order valence-electron chi connectivity index (χ2n) is 9.56. The molecular formula is C27H30ClN7O5. The first kappa shape index (κ1) is 27.6. The second-order valence-corrected chi connectivity index (χ2v) is 9.97. The largest absolute Gasteiger partial charge is 0.491 e. The van der Waals surface area contributed by atoms with Crippen molar-refractivity contribution in [2.45, 2.75) is 40.0 Å². The Morgan fingerprint density at radius 2 is 2.05 bits per heavy atom. The summed E-state index contributed by atoms with van der Waals surface area (Å²) in [6.07, 6.45) is 0.638. The third kappa shape index (κ3) is 5.12. The second kappa shape index (κ2) is 11.2. The molecule has 5 rings (SSSR count). The zero-order valence-corrected chi connectivity index (χ0v) is 23.6. The van der Waals surface area contributed by atoms with Gasteiger partial charge in [-0.05, 0) is 46.0 Å². The highest BCUT2D eigenvalue weighted by molar-refractivity contribution is 6.33. The molecule has 1 aromatic carbocycles. The van der Waals surface area contributed by atoms with E-state index in [4.69, 9.17) is 35.6 Å². The van der Waals surface area contributed by atoms with Gasteiger partial charge in [0.25, 0.3) is 0 Å². The smallest absolute Gasteiger partial charge is 0.410 e. The van der Waals surface area contributed by atoms with E-state index in [1.165, 1.54) is 7.11 Å². The van der Waals surface area contributed by atoms with Crippen LogP contribution in [0.2, 0.25) is 5.02 Å². The third-order valence-electron chi connectivity index (χ3n) is 6.74. The molecule has 3 aromatic heterocycles. The molecule has 210 valence electrons. The number of fused-ring (bicyclic) bond motifs is 1. The molecule has 0 bridgehead atoms. The zero-order valence-electron chi connectivity index (χ0n) is 22.9. The summed E-state index contributed by atoms with van der Waals surface area (Å²) in [6, 6.07) is 5.17. The number of halogens is 1. The molecular weight excluding hydrogens is 538 g/mol. The maximum absolute atomic E-state index is 12.2. The molecule has 0 radical (unpaired) electrons. The van der Waals surface area contributed by atoms with Crippen molar-refractivity contribution in [3.8, 4) is 34.2 Å². The minimum atomic E-state index is -0.677. The third-order valence-corrected chi connectivity index (χ3v) is 7.07. The molecule has 0 saturated carbocycles. The number of carbonyl (C=O) groups is 1. The predicted octanol–water partition coefficient (Wildman–Crippen LogP) is 3.60. The molecule has 13 heteroatoms. The SMILES string of the molecule is CNC[C@@H](O)COc1ccc(Cl)c(-c2nc(-c3c(C)noc3C)c(C)c(-n3ncc4c3CN(C(=O)OC)C4)n2)c1. The number of likely N-dealkylation sites (N-methyl/N-ethyl adjacent to an activating group) is 1. The monoisotopic (exact) mass is 567 g/mol. The van der Waals surface area contributed by atoms with Crippen LogP contribution in [0.3, 0.4) is 0 Å². The number of amides is 1. The lowest BCUT2D eigenvalue weighted by Gasteiger charge is -2.17. The van der Waals surface area contributed by atoms with Gasteiger partial charge in [0.1, 0.15) is 24.2 Å². The molecule has 1 aliphatic heterocycles. The van der Waals surface area contributed by atoms with E-state index in [9.17, 15) is 9.90 Å². The van der Waals surface area contributed by atoms with Gasteiger partial charge >= 0.3 is 6.09 Å². The lowest BCUT2D eigenvalue weighted by Crippen LogP contribution is -2.29. The van der Waals surface area contributed by atoms with Gasteiger partial charge in [-0.25, -0.2) is 19.4 Å². The Kier molecular flexibility index (Phi) is 7.74. The van der Waals surface area contributed by atoms with Gasteiger partial charge in [-0.1, -0.05) is 16.8 Å². The maximum Gasteiger partial charge on any atom is 0.410 e. The highest BCUT2D eigenvalue weighted by Crippen LogP contribution is 2.36. The van der Waals surface area contributed by atoms with Crippen molar-refractivity contribution in [2.24, 2.45) is 0 Å². The van der Waals surface area contributed by atoms with Gasteiger partial charge in [0.15, 0.2) is 11.6 Å². The molecule has 0 aliphatic carbocycles. The highest BCUT2D eigenvalue weighted by atomic mass is 35.5. The fourth-order valence-corrected chi connectivity index (χ4v) is 4.94. The van der Waals surface area contributed by atoms with Crippen molar-refractivity contribution in [1.82, 2.24) is 35.1 Å². The van der Waals surface area contributed by atoms with E-state index in [-0.39, 0.29) is 6.61 Å². The van der Waals surface area contributed by atoms with Gasteiger partial charge < -0.3 is 24.4 Å². The maximum atomic E-state index is 12.2. The van der Waals surface area contributed by atoms with Crippen LogP contribution in [0, 0.1) is 20.8 Å². The predicted molar refractivity (Wildman–Crippen MR) is 146 cm³/mol. The van der Waals surface area contributed by atoms with Crippen molar-refractivity contribution < 1.29 is 23.9 Å². The number of aryl methyl sites for hydroxylation is 2. The molecule has 12 nitrogen and oxygen atoms in total. The number of aliphatic hydroxyl groups excluding tert-OH is 1. The van der Waals surface area contributed by atoms with Crippen LogP contribution in [0.25, 0.3) is 28.5 Å². The first-order valence-electron chi connectivity index (χ1n) is 12.7. The molecule has 0 unspecified atom stereocenters. The van der Waals surface area contributed by atoms with Crippen LogP contribution in [0.4, 0.5) is 4.79 Å². The number of hydrogen-bond acceptors (Lipinski definition) is 10. The molecule has 2 N–H and O–H groups in total. The van der Waals surface area contributed by atoms with Crippen molar-refractivity contribution in [3.63, 3.8) is 0 Å². The van der Waals surface area contributed by atoms with E-state index in [0.29, 0.717) is 64.8 Å². The summed E-state index contributed by atoms with van der Waals surface area (Å²) >= 11 is 6.66. The van der Waals surface area contributed by atoms with Crippen LogP contribution in [-0.4, -0.2) is 74.4 Å². The van der Waals surface area contributed by atoms with E-state index in [0.717, 1.165) is 22.4 Å². The Labute approximate surface area is 235 Å². The van der Waals surface area contributed by atoms with Crippen molar-refractivity contribution in [2.75, 3.05) is 27.3 Å². The summed E-state index contributed by atoms with van der Waals surface area (Å²) in [6.45, 7) is 6.79. The van der Waals surface area contributed by atoms with Crippen LogP contribution in [0.1, 0.15) is 28.3 Å². The summed E-state index contributed by atoms with van der Waals surface area (Å²) in [5.74, 6) is 1.99. The van der Waals surface area contributed by atoms with Crippen molar-refractivity contribution >= 4 is 17.7 Å². The van der Waals surface area contributed by atoms with Crippen molar-refractivity contribution in [1.29, 1.82) is 0 Å². The Bertz CT molecular complexity index is 1550. The number of benzene rings is 1. The first-order valence-corrected chi connectivity index (χ1v) is 13.1. The molecule has 0 saturated heterocycles. The lowest BCUT2D eigenvalue weighted by atomic mass is 10.0. The van der Waals surface area contributed by atoms with E-state index in [1.807, 2.05) is 20.8 Å². The average Bonchev–Trinajstić information content (AvgIpc) is 3.63. The summed E-state index contributed by atoms with van der Waals surface area (Å²) < 4.78 is 17.9. The Morgan fingerprint density at radius 3 is 2.75 bits per heavy atom. The minimum absolute atomic E-state index is 0.0996. The van der Waals surface area contributed by atoms with E-state index in [2.05, 4.69) is 15.6 Å². The number of rotatable bonds is 8. The summed E-state index contributed by atoms with van der Waals surface area (Å²) in [5.41, 5.74) is 5.06. The Morgan fingerprint density at radius 1 is 1.25 bits per heavy atom. The molecule has 40 heavy (non-hydrogen) atoms. The van der Waals surface area contributed by atoms with Gasteiger partial charge in [0, 0.05) is 23.2 Å². The van der Waals surface area contributed by atoms with Gasteiger partial charge in [-0.2, -0.15) is 5.10 Å². The number of carbonyl (C=O) groups excluding carboxylic acids is 1. The van der Waals surface area contributed by atoms with E-state index in [1.54, 1.807) is 41.0 Å². The average molecular weight is 568 g/mol. The molecule has 4 heterocycles. The minimum Gasteiger partial charge on any atom is -0.491 e. The van der Waals surface area contributed by atoms with E-state index >= 15 is 0 Å². The van der Waals surface area contributed by atoms with Crippen LogP contribution in [0.15, 0.2) is 28.9 Å². The first-order chi connectivity index (χ1) is 19.2. The number of hydrogen-bond donors (Lipinski definition) is 2. The summed E-state index contributed by atoms with van der Waals surface area (Å²) in [4.78, 5) is 23.6. The normalized spacial score (nSPS) is 13.4. The van der Waals surface area contributed by atoms with Crippen LogP contribution >= 0.6 is 11.6 Å². The molecule has 0 spiro atoms. The number of nitrogens with zero attached hydrogens (tertiary/aromatic N) is 6. The molecule has 1 amide bonds. The van der Waals surface area contributed by atoms with E-state index < -0.39 is 12.2 Å². The summed E-state index contributed by atoms with van der Waals surface area (Å²) in [5, 5.41) is 22.1. The fraction of sp³-hybridized carbons (Fsp3) is 0.370. The van der Waals surface area contributed by atoms with Gasteiger partial charge in [-0.3, -0.25) is 4.90 Å². The Balaban J connectivity index is 1.64. The lowest BCUT2D eigenvalue weighted by molar-refractivity contribution is 0.108. The molecule has 1 aliphatic rings. The summed E-state index contributed by atoms with van der Waals surface area (Å²) in [7, 11) is 3.12. The number of ether oxygens (including phenoxy) is 2.